The Morgan fingerprint density at radius 3 is 2.36 bits per heavy atom. The zero-order valence-corrected chi connectivity index (χ0v) is 25.3. The third-order valence-electron chi connectivity index (χ3n) is 7.92. The highest BCUT2D eigenvalue weighted by atomic mass is 32.1. The number of carbonyl (C=O) groups excluding carboxylic acids is 2. The van der Waals surface area contributed by atoms with Crippen LogP contribution in [-0.2, 0) is 10.2 Å². The van der Waals surface area contributed by atoms with Gasteiger partial charge in [-0.3, -0.25) is 9.59 Å². The van der Waals surface area contributed by atoms with E-state index in [-0.39, 0.29) is 24.4 Å². The van der Waals surface area contributed by atoms with E-state index in [4.69, 9.17) is 0 Å². The summed E-state index contributed by atoms with van der Waals surface area (Å²) in [5.41, 5.74) is 4.31. The smallest absolute Gasteiger partial charge is 0.261 e. The van der Waals surface area contributed by atoms with E-state index in [0.29, 0.717) is 6.42 Å². The van der Waals surface area contributed by atoms with Crippen molar-refractivity contribution in [2.45, 2.75) is 49.2 Å². The number of unbranched alkanes of at least 4 members (excludes halogenated alkanes) is 1. The highest BCUT2D eigenvalue weighted by Gasteiger charge is 2.48. The minimum absolute atomic E-state index is 0.0223. The number of hydrogen-bond acceptors (Lipinski definition) is 4. The Kier molecular flexibility index (Phi) is 8.54. The van der Waals surface area contributed by atoms with Crippen molar-refractivity contribution in [2.75, 3.05) is 26.2 Å². The number of benzene rings is 2. The molecule has 2 aromatic carbocycles. The number of alkyl halides is 1. The molecule has 3 aromatic rings. The van der Waals surface area contributed by atoms with Crippen molar-refractivity contribution < 1.29 is 14.0 Å². The van der Waals surface area contributed by atoms with E-state index in [1.807, 2.05) is 54.8 Å². The Bertz CT molecular complexity index is 1310. The van der Waals surface area contributed by atoms with E-state index in [0.717, 1.165) is 71.6 Å². The van der Waals surface area contributed by atoms with Gasteiger partial charge in [0.25, 0.3) is 5.91 Å². The first-order valence-electron chi connectivity index (χ1n) is 13.5. The molecule has 1 saturated heterocycles. The normalized spacial score (nSPS) is 18.0. The predicted molar refractivity (Wildman–Crippen MR) is 164 cm³/mol. The van der Waals surface area contributed by atoms with Crippen LogP contribution in [0.4, 0.5) is 4.39 Å². The summed E-state index contributed by atoms with van der Waals surface area (Å²) in [6.45, 7) is 4.58. The van der Waals surface area contributed by atoms with Crippen molar-refractivity contribution in [2.24, 2.45) is 0 Å². The molecule has 0 saturated carbocycles. The second-order valence-electron chi connectivity index (χ2n) is 10.8. The third kappa shape index (κ3) is 5.98. The van der Waals surface area contributed by atoms with Gasteiger partial charge < -0.3 is 15.5 Å². The number of nitrogens with zero attached hydrogens (tertiary/aromatic N) is 1. The lowest BCUT2D eigenvalue weighted by atomic mass is 9.73. The highest BCUT2D eigenvalue weighted by molar-refractivity contribution is 7.39. The fourth-order valence-electron chi connectivity index (χ4n) is 6.05. The van der Waals surface area contributed by atoms with E-state index in [9.17, 15) is 14.0 Å². The molecule has 0 spiro atoms. The lowest BCUT2D eigenvalue weighted by Crippen LogP contribution is -2.46. The number of hydrogen-bond donors (Lipinski definition) is 2. The topological polar surface area (TPSA) is 61.4 Å². The molecule has 3 unspecified atom stereocenters. The molecule has 2 amide bonds. The Morgan fingerprint density at radius 2 is 1.74 bits per heavy atom. The summed E-state index contributed by atoms with van der Waals surface area (Å²) in [7, 11) is 4.27. The van der Waals surface area contributed by atoms with E-state index >= 15 is 0 Å². The molecule has 3 atom stereocenters. The number of likely N-dealkylation sites (tertiary alicyclic amines) is 1. The number of fused-ring (bicyclic) bond motifs is 3. The van der Waals surface area contributed by atoms with Gasteiger partial charge >= 0.3 is 0 Å². The van der Waals surface area contributed by atoms with Crippen LogP contribution in [0.2, 0.25) is 0 Å². The number of rotatable bonds is 10. The van der Waals surface area contributed by atoms with Gasteiger partial charge in [0.2, 0.25) is 5.91 Å². The van der Waals surface area contributed by atoms with Crippen molar-refractivity contribution in [3.63, 3.8) is 0 Å². The zero-order chi connectivity index (χ0) is 27.6. The third-order valence-corrected chi connectivity index (χ3v) is 9.35. The molecule has 1 fully saturated rings. The fourth-order valence-corrected chi connectivity index (χ4v) is 7.09. The fraction of sp³-hybridized carbons (Fsp3) is 0.400. The molecule has 2 aliphatic rings. The molecule has 5 rings (SSSR count). The molecule has 2 heterocycles. The Balaban J connectivity index is 1.25. The van der Waals surface area contributed by atoms with Crippen LogP contribution in [0.1, 0.15) is 52.0 Å². The van der Waals surface area contributed by atoms with Gasteiger partial charge in [0, 0.05) is 19.1 Å². The van der Waals surface area contributed by atoms with Gasteiger partial charge in [0.05, 0.1) is 11.4 Å². The first-order valence-corrected chi connectivity index (χ1v) is 15.5. The van der Waals surface area contributed by atoms with Crippen LogP contribution in [0.3, 0.4) is 0 Å². The largest absolute Gasteiger partial charge is 0.351 e. The van der Waals surface area contributed by atoms with Crippen LogP contribution < -0.4 is 10.6 Å². The summed E-state index contributed by atoms with van der Waals surface area (Å²) >= 11 is 1.49. The molecule has 2 N–H and O–H groups in total. The predicted octanol–water partition coefficient (Wildman–Crippen LogP) is 5.49. The first-order chi connectivity index (χ1) is 18.7. The Hall–Kier alpha value is -2.17. The van der Waals surface area contributed by atoms with Crippen molar-refractivity contribution in [1.82, 2.24) is 15.5 Å². The number of thiophene rings is 1. The maximum absolute atomic E-state index is 14.3. The molecular formula is C30H36FN3O2P2S. The van der Waals surface area contributed by atoms with Gasteiger partial charge in [-0.25, -0.2) is 4.39 Å². The van der Waals surface area contributed by atoms with Gasteiger partial charge in [-0.15, -0.1) is 11.3 Å². The molecule has 39 heavy (non-hydrogen) atoms. The molecule has 5 nitrogen and oxygen atoms in total. The Morgan fingerprint density at radius 1 is 1.08 bits per heavy atom. The van der Waals surface area contributed by atoms with Crippen LogP contribution in [-0.4, -0.2) is 54.1 Å². The van der Waals surface area contributed by atoms with Crippen LogP contribution in [0.15, 0.2) is 60.0 Å². The standard InChI is InChI=1S/C30H36FN3O2P2S/c1-20-13-17-39-26(20)27(35)33-21-12-16-34(18-21)15-7-6-14-29(28(36)32-19-30(31,37)38)24-10-4-2-8-22(24)23-9-3-5-11-25(23)29/h2-5,8-11,13,17,21H,6-7,12,14-16,18-19,37-38H2,1H3,(H,32,36)(H,33,35). The van der Waals surface area contributed by atoms with Gasteiger partial charge in [0.15, 0.2) is 5.15 Å². The Labute approximate surface area is 238 Å². The second-order valence-corrected chi connectivity index (χ2v) is 14.3. The summed E-state index contributed by atoms with van der Waals surface area (Å²) in [5.74, 6) is -0.131. The monoisotopic (exact) mass is 583 g/mol. The molecule has 9 heteroatoms. The molecule has 206 valence electrons. The lowest BCUT2D eigenvalue weighted by Gasteiger charge is -2.32. The summed E-state index contributed by atoms with van der Waals surface area (Å²) in [5, 5.41) is 6.40. The highest BCUT2D eigenvalue weighted by Crippen LogP contribution is 2.51. The van der Waals surface area contributed by atoms with E-state index in [1.54, 1.807) is 0 Å². The van der Waals surface area contributed by atoms with E-state index < -0.39 is 10.6 Å². The summed E-state index contributed by atoms with van der Waals surface area (Å²) in [6.07, 6.45) is 3.37. The van der Waals surface area contributed by atoms with Crippen molar-refractivity contribution in [3.8, 4) is 11.1 Å². The number of amides is 2. The maximum Gasteiger partial charge on any atom is 0.261 e. The van der Waals surface area contributed by atoms with Gasteiger partial charge in [0.1, 0.15) is 5.41 Å². The van der Waals surface area contributed by atoms with E-state index in [1.165, 1.54) is 11.3 Å². The molecule has 1 aromatic heterocycles. The van der Waals surface area contributed by atoms with Crippen LogP contribution in [0.25, 0.3) is 11.1 Å². The summed E-state index contributed by atoms with van der Waals surface area (Å²) < 4.78 is 14.3. The SMILES string of the molecule is Cc1ccsc1C(=O)NC1CCN(CCCCC2(C(=O)NCC(F)(P)P)c3ccccc3-c3ccccc32)C1. The molecule has 0 bridgehead atoms. The molecular weight excluding hydrogens is 547 g/mol. The van der Waals surface area contributed by atoms with Gasteiger partial charge in [-0.2, -0.15) is 0 Å². The average molecular weight is 584 g/mol. The van der Waals surface area contributed by atoms with Crippen molar-refractivity contribution in [3.05, 3.63) is 81.5 Å². The second kappa shape index (κ2) is 11.7. The van der Waals surface area contributed by atoms with Gasteiger partial charge in [-0.05, 0) is 72.0 Å². The maximum atomic E-state index is 14.3. The molecule has 1 aliphatic heterocycles. The lowest BCUT2D eigenvalue weighted by molar-refractivity contribution is -0.125. The van der Waals surface area contributed by atoms with Crippen molar-refractivity contribution in [1.29, 1.82) is 0 Å². The number of nitrogens with one attached hydrogen (secondary N) is 2. The number of aryl methyl sites for hydroxylation is 1. The van der Waals surface area contributed by atoms with Crippen LogP contribution in [0, 0.1) is 6.92 Å². The van der Waals surface area contributed by atoms with Crippen LogP contribution >= 0.6 is 29.8 Å². The van der Waals surface area contributed by atoms with Gasteiger partial charge in [-0.1, -0.05) is 73.4 Å². The first kappa shape index (κ1) is 28.4. The summed E-state index contributed by atoms with van der Waals surface area (Å²) in [4.78, 5) is 29.7. The van der Waals surface area contributed by atoms with Crippen molar-refractivity contribution >= 4 is 41.6 Å². The minimum atomic E-state index is -1.65. The minimum Gasteiger partial charge on any atom is -0.351 e. The number of halogens is 1. The quantitative estimate of drug-likeness (QED) is 0.245. The van der Waals surface area contributed by atoms with E-state index in [2.05, 4.69) is 46.1 Å². The average Bonchev–Trinajstić information content (AvgIpc) is 3.62. The summed E-state index contributed by atoms with van der Waals surface area (Å²) in [6, 6.07) is 18.3. The number of carbonyl (C=O) groups is 2. The molecule has 1 aliphatic carbocycles. The zero-order valence-electron chi connectivity index (χ0n) is 22.2. The molecule has 0 radical (unpaired) electrons. The van der Waals surface area contributed by atoms with Crippen LogP contribution in [0.5, 0.6) is 0 Å².